The van der Waals surface area contributed by atoms with Crippen molar-refractivity contribution in [3.8, 4) is 0 Å². The second-order valence-corrected chi connectivity index (χ2v) is 4.81. The standard InChI is InChI=1S/C16H23N/c1-2-3-5-10-15-13-8-9-14-17(15)16-11-6-4-7-12-16/h4,6-8,11-13,15H,2-3,5,9-10,14H2,1H3/t15-/m1/s1. The first-order valence-electron chi connectivity index (χ1n) is 6.90. The van der Waals surface area contributed by atoms with Crippen LogP contribution in [0.1, 0.15) is 39.0 Å². The molecule has 1 aromatic rings. The largest absolute Gasteiger partial charge is 0.365 e. The summed E-state index contributed by atoms with van der Waals surface area (Å²) >= 11 is 0. The fraction of sp³-hybridized carbons (Fsp3) is 0.500. The zero-order chi connectivity index (χ0) is 11.9. The van der Waals surface area contributed by atoms with Crippen LogP contribution in [0.5, 0.6) is 0 Å². The van der Waals surface area contributed by atoms with Crippen LogP contribution in [0.15, 0.2) is 42.5 Å². The molecule has 17 heavy (non-hydrogen) atoms. The third-order valence-electron chi connectivity index (χ3n) is 3.49. The maximum atomic E-state index is 2.55. The van der Waals surface area contributed by atoms with Gasteiger partial charge in [0.05, 0.1) is 0 Å². The summed E-state index contributed by atoms with van der Waals surface area (Å²) in [4.78, 5) is 2.55. The third kappa shape index (κ3) is 3.36. The molecule has 92 valence electrons. The maximum absolute atomic E-state index is 2.55. The highest BCUT2D eigenvalue weighted by Gasteiger charge is 2.17. The highest BCUT2D eigenvalue weighted by atomic mass is 15.2. The molecule has 1 aliphatic heterocycles. The van der Waals surface area contributed by atoms with Gasteiger partial charge in [0.2, 0.25) is 0 Å². The van der Waals surface area contributed by atoms with Gasteiger partial charge in [-0.3, -0.25) is 0 Å². The molecule has 0 spiro atoms. The first kappa shape index (κ1) is 12.2. The van der Waals surface area contributed by atoms with E-state index in [1.807, 2.05) is 0 Å². The fourth-order valence-electron chi connectivity index (χ4n) is 2.53. The predicted octanol–water partition coefficient (Wildman–Crippen LogP) is 4.40. The van der Waals surface area contributed by atoms with E-state index in [0.717, 1.165) is 6.54 Å². The minimum Gasteiger partial charge on any atom is -0.365 e. The second-order valence-electron chi connectivity index (χ2n) is 4.81. The van der Waals surface area contributed by atoms with E-state index >= 15 is 0 Å². The molecule has 0 N–H and O–H groups in total. The average Bonchev–Trinajstić information content (AvgIpc) is 2.41. The molecule has 1 aliphatic rings. The van der Waals surface area contributed by atoms with Crippen LogP contribution in [0, 0.1) is 0 Å². The second kappa shape index (κ2) is 6.48. The van der Waals surface area contributed by atoms with Crippen LogP contribution < -0.4 is 4.90 Å². The van der Waals surface area contributed by atoms with E-state index < -0.39 is 0 Å². The van der Waals surface area contributed by atoms with Gasteiger partial charge in [-0.15, -0.1) is 0 Å². The van der Waals surface area contributed by atoms with Crippen LogP contribution in [0.3, 0.4) is 0 Å². The lowest BCUT2D eigenvalue weighted by molar-refractivity contribution is 0.568. The van der Waals surface area contributed by atoms with Crippen LogP contribution >= 0.6 is 0 Å². The first-order valence-corrected chi connectivity index (χ1v) is 6.90. The fourth-order valence-corrected chi connectivity index (χ4v) is 2.53. The smallest absolute Gasteiger partial charge is 0.0473 e. The number of benzene rings is 1. The molecular weight excluding hydrogens is 206 g/mol. The Hall–Kier alpha value is -1.24. The van der Waals surface area contributed by atoms with E-state index in [9.17, 15) is 0 Å². The molecule has 2 rings (SSSR count). The molecule has 0 fully saturated rings. The predicted molar refractivity (Wildman–Crippen MR) is 75.5 cm³/mol. The molecule has 1 atom stereocenters. The minimum atomic E-state index is 0.609. The summed E-state index contributed by atoms with van der Waals surface area (Å²) in [5, 5.41) is 0. The number of anilines is 1. The zero-order valence-corrected chi connectivity index (χ0v) is 10.8. The van der Waals surface area contributed by atoms with E-state index in [2.05, 4.69) is 54.3 Å². The van der Waals surface area contributed by atoms with Crippen LogP contribution in [-0.4, -0.2) is 12.6 Å². The molecule has 0 amide bonds. The van der Waals surface area contributed by atoms with Crippen molar-refractivity contribution >= 4 is 5.69 Å². The number of rotatable bonds is 5. The van der Waals surface area contributed by atoms with Crippen molar-refractivity contribution in [3.63, 3.8) is 0 Å². The Morgan fingerprint density at radius 3 is 2.76 bits per heavy atom. The summed E-state index contributed by atoms with van der Waals surface area (Å²) in [6.07, 6.45) is 11.2. The van der Waals surface area contributed by atoms with Crippen LogP contribution in [0.2, 0.25) is 0 Å². The summed E-state index contributed by atoms with van der Waals surface area (Å²) in [7, 11) is 0. The number of para-hydroxylation sites is 1. The lowest BCUT2D eigenvalue weighted by Gasteiger charge is -2.34. The Bertz CT molecular complexity index is 342. The Kier molecular flexibility index (Phi) is 4.66. The normalized spacial score (nSPS) is 19.6. The van der Waals surface area contributed by atoms with Crippen molar-refractivity contribution in [2.24, 2.45) is 0 Å². The van der Waals surface area contributed by atoms with Gasteiger partial charge in [0.15, 0.2) is 0 Å². The van der Waals surface area contributed by atoms with Gasteiger partial charge in [0.25, 0.3) is 0 Å². The monoisotopic (exact) mass is 229 g/mol. The number of hydrogen-bond donors (Lipinski definition) is 0. The average molecular weight is 229 g/mol. The molecular formula is C16H23N. The van der Waals surface area contributed by atoms with Crippen LogP contribution in [0.25, 0.3) is 0 Å². The number of unbranched alkanes of at least 4 members (excludes halogenated alkanes) is 2. The Labute approximate surface area is 105 Å². The van der Waals surface area contributed by atoms with E-state index in [1.165, 1.54) is 37.8 Å². The molecule has 0 unspecified atom stereocenters. The summed E-state index contributed by atoms with van der Waals surface area (Å²) in [5.74, 6) is 0. The Morgan fingerprint density at radius 2 is 2.00 bits per heavy atom. The SMILES string of the molecule is CCCCC[C@@H]1C=CCCN1c1ccccc1. The maximum Gasteiger partial charge on any atom is 0.0473 e. The van der Waals surface area contributed by atoms with E-state index in [0.29, 0.717) is 6.04 Å². The first-order chi connectivity index (χ1) is 8.42. The van der Waals surface area contributed by atoms with Crippen LogP contribution in [0.4, 0.5) is 5.69 Å². The van der Waals surface area contributed by atoms with Crippen molar-refractivity contribution in [2.45, 2.75) is 45.1 Å². The van der Waals surface area contributed by atoms with Crippen molar-refractivity contribution in [1.29, 1.82) is 0 Å². The van der Waals surface area contributed by atoms with Gasteiger partial charge in [-0.2, -0.15) is 0 Å². The van der Waals surface area contributed by atoms with Crippen molar-refractivity contribution in [1.82, 2.24) is 0 Å². The quantitative estimate of drug-likeness (QED) is 0.534. The van der Waals surface area contributed by atoms with Gasteiger partial charge in [0.1, 0.15) is 0 Å². The number of nitrogens with zero attached hydrogens (tertiary/aromatic N) is 1. The number of hydrogen-bond acceptors (Lipinski definition) is 1. The van der Waals surface area contributed by atoms with Gasteiger partial charge >= 0.3 is 0 Å². The summed E-state index contributed by atoms with van der Waals surface area (Å²) in [6, 6.07) is 11.4. The molecule has 0 aromatic heterocycles. The summed E-state index contributed by atoms with van der Waals surface area (Å²) in [6.45, 7) is 3.43. The molecule has 1 heteroatoms. The molecule has 1 nitrogen and oxygen atoms in total. The zero-order valence-electron chi connectivity index (χ0n) is 10.8. The molecule has 1 aromatic carbocycles. The van der Waals surface area contributed by atoms with Crippen molar-refractivity contribution < 1.29 is 0 Å². The molecule has 0 radical (unpaired) electrons. The van der Waals surface area contributed by atoms with E-state index in [1.54, 1.807) is 0 Å². The summed E-state index contributed by atoms with van der Waals surface area (Å²) in [5.41, 5.74) is 1.37. The van der Waals surface area contributed by atoms with Crippen molar-refractivity contribution in [2.75, 3.05) is 11.4 Å². The van der Waals surface area contributed by atoms with Gasteiger partial charge < -0.3 is 4.90 Å². The third-order valence-corrected chi connectivity index (χ3v) is 3.49. The lowest BCUT2D eigenvalue weighted by atomic mass is 10.0. The van der Waals surface area contributed by atoms with Gasteiger partial charge in [-0.25, -0.2) is 0 Å². The Morgan fingerprint density at radius 1 is 1.18 bits per heavy atom. The van der Waals surface area contributed by atoms with Crippen LogP contribution in [-0.2, 0) is 0 Å². The Balaban J connectivity index is 2.01. The lowest BCUT2D eigenvalue weighted by Crippen LogP contribution is -2.36. The van der Waals surface area contributed by atoms with Gasteiger partial charge in [0, 0.05) is 18.3 Å². The van der Waals surface area contributed by atoms with E-state index in [4.69, 9.17) is 0 Å². The molecule has 0 saturated heterocycles. The minimum absolute atomic E-state index is 0.609. The van der Waals surface area contributed by atoms with Gasteiger partial charge in [-0.05, 0) is 25.0 Å². The van der Waals surface area contributed by atoms with Gasteiger partial charge in [-0.1, -0.05) is 56.5 Å². The topological polar surface area (TPSA) is 3.24 Å². The molecule has 0 saturated carbocycles. The molecule has 1 heterocycles. The summed E-state index contributed by atoms with van der Waals surface area (Å²) < 4.78 is 0. The molecule has 0 aliphatic carbocycles. The highest BCUT2D eigenvalue weighted by Crippen LogP contribution is 2.23. The van der Waals surface area contributed by atoms with Crippen molar-refractivity contribution in [3.05, 3.63) is 42.5 Å². The molecule has 0 bridgehead atoms. The van der Waals surface area contributed by atoms with E-state index in [-0.39, 0.29) is 0 Å². The highest BCUT2D eigenvalue weighted by molar-refractivity contribution is 5.48.